The summed E-state index contributed by atoms with van der Waals surface area (Å²) in [4.78, 5) is 52.3. The van der Waals surface area contributed by atoms with E-state index in [4.69, 9.17) is 0 Å². The van der Waals surface area contributed by atoms with E-state index in [0.29, 0.717) is 37.3 Å². The zero-order chi connectivity index (χ0) is 23.1. The van der Waals surface area contributed by atoms with Crippen molar-refractivity contribution in [2.24, 2.45) is 0 Å². The number of benzene rings is 2. The summed E-state index contributed by atoms with van der Waals surface area (Å²) < 4.78 is 0. The maximum absolute atomic E-state index is 12.6. The van der Waals surface area contributed by atoms with E-state index in [1.54, 1.807) is 52.3 Å². The number of carboxylic acid groups (broad SMARTS) is 1. The molecule has 1 aliphatic rings. The van der Waals surface area contributed by atoms with Crippen molar-refractivity contribution in [3.63, 3.8) is 0 Å². The SMILES string of the molecule is Cc1ccc(C(=O)N2CCN(C(=O)CC[C@H](NC(=O)c3ccccc3)C(=O)O)CC2)cc1. The molecule has 0 unspecified atom stereocenters. The molecule has 1 aliphatic heterocycles. The number of aliphatic carboxylic acids is 1. The van der Waals surface area contributed by atoms with E-state index >= 15 is 0 Å². The first-order valence-electron chi connectivity index (χ1n) is 10.6. The van der Waals surface area contributed by atoms with Gasteiger partial charge in [0.1, 0.15) is 6.04 Å². The molecular formula is C24H27N3O5. The van der Waals surface area contributed by atoms with Gasteiger partial charge >= 0.3 is 5.97 Å². The molecule has 3 amide bonds. The van der Waals surface area contributed by atoms with Crippen molar-refractivity contribution in [2.45, 2.75) is 25.8 Å². The molecule has 0 radical (unpaired) electrons. The van der Waals surface area contributed by atoms with E-state index in [0.717, 1.165) is 5.56 Å². The quantitative estimate of drug-likeness (QED) is 0.689. The number of piperazine rings is 1. The largest absolute Gasteiger partial charge is 0.480 e. The van der Waals surface area contributed by atoms with Gasteiger partial charge in [-0.2, -0.15) is 0 Å². The van der Waals surface area contributed by atoms with Gasteiger partial charge in [0.05, 0.1) is 0 Å². The normalized spacial score (nSPS) is 14.5. The number of hydrogen-bond acceptors (Lipinski definition) is 4. The summed E-state index contributed by atoms with van der Waals surface area (Å²) in [6.45, 7) is 3.59. The molecule has 0 aromatic heterocycles. The monoisotopic (exact) mass is 437 g/mol. The highest BCUT2D eigenvalue weighted by Gasteiger charge is 2.27. The Morgan fingerprint density at radius 3 is 2.06 bits per heavy atom. The molecule has 1 fully saturated rings. The molecule has 8 heteroatoms. The van der Waals surface area contributed by atoms with Crippen LogP contribution in [0.5, 0.6) is 0 Å². The maximum atomic E-state index is 12.6. The number of carbonyl (C=O) groups is 4. The minimum absolute atomic E-state index is 0.00204. The van der Waals surface area contributed by atoms with Gasteiger partial charge in [-0.15, -0.1) is 0 Å². The van der Waals surface area contributed by atoms with Crippen LogP contribution in [0.2, 0.25) is 0 Å². The van der Waals surface area contributed by atoms with Crippen LogP contribution in [-0.2, 0) is 9.59 Å². The van der Waals surface area contributed by atoms with Crippen LogP contribution in [0, 0.1) is 6.92 Å². The van der Waals surface area contributed by atoms with Crippen molar-refractivity contribution in [1.82, 2.24) is 15.1 Å². The van der Waals surface area contributed by atoms with Gasteiger partial charge in [0.25, 0.3) is 11.8 Å². The summed E-state index contributed by atoms with van der Waals surface area (Å²) in [7, 11) is 0. The van der Waals surface area contributed by atoms with Gasteiger partial charge in [-0.05, 0) is 37.6 Å². The standard InChI is InChI=1S/C24H27N3O5/c1-17-7-9-19(10-8-17)23(30)27-15-13-26(14-16-27)21(28)12-11-20(24(31)32)25-22(29)18-5-3-2-4-6-18/h2-10,20H,11-16H2,1H3,(H,25,29)(H,31,32)/t20-/m0/s1. The van der Waals surface area contributed by atoms with E-state index in [-0.39, 0.29) is 24.7 Å². The van der Waals surface area contributed by atoms with Crippen LogP contribution >= 0.6 is 0 Å². The summed E-state index contributed by atoms with van der Waals surface area (Å²) >= 11 is 0. The smallest absolute Gasteiger partial charge is 0.326 e. The van der Waals surface area contributed by atoms with E-state index in [2.05, 4.69) is 5.32 Å². The summed E-state index contributed by atoms with van der Waals surface area (Å²) in [6, 6.07) is 14.6. The minimum atomic E-state index is -1.18. The average molecular weight is 437 g/mol. The minimum Gasteiger partial charge on any atom is -0.480 e. The van der Waals surface area contributed by atoms with E-state index in [1.807, 2.05) is 19.1 Å². The van der Waals surface area contributed by atoms with Gasteiger partial charge in [-0.3, -0.25) is 14.4 Å². The lowest BCUT2D eigenvalue weighted by molar-refractivity contribution is -0.139. The van der Waals surface area contributed by atoms with Crippen LogP contribution in [0.3, 0.4) is 0 Å². The zero-order valence-electron chi connectivity index (χ0n) is 18.0. The van der Waals surface area contributed by atoms with Crippen molar-refractivity contribution < 1.29 is 24.3 Å². The molecule has 0 bridgehead atoms. The summed E-state index contributed by atoms with van der Waals surface area (Å²) in [5.41, 5.74) is 2.06. The fraction of sp³-hybridized carbons (Fsp3) is 0.333. The number of carboxylic acids is 1. The third-order valence-electron chi connectivity index (χ3n) is 5.50. The van der Waals surface area contributed by atoms with E-state index in [1.165, 1.54) is 0 Å². The number of carbonyl (C=O) groups excluding carboxylic acids is 3. The Bertz CT molecular complexity index is 967. The van der Waals surface area contributed by atoms with Gasteiger partial charge in [-0.25, -0.2) is 4.79 Å². The molecule has 2 aromatic rings. The first-order chi connectivity index (χ1) is 15.3. The van der Waals surface area contributed by atoms with Gasteiger partial charge in [0.15, 0.2) is 0 Å². The Morgan fingerprint density at radius 1 is 0.875 bits per heavy atom. The van der Waals surface area contributed by atoms with Gasteiger partial charge in [-0.1, -0.05) is 35.9 Å². The predicted octanol–water partition coefficient (Wildman–Crippen LogP) is 1.94. The molecule has 8 nitrogen and oxygen atoms in total. The third kappa shape index (κ3) is 5.94. The predicted molar refractivity (Wildman–Crippen MR) is 118 cm³/mol. The Labute approximate surface area is 186 Å². The highest BCUT2D eigenvalue weighted by atomic mass is 16.4. The third-order valence-corrected chi connectivity index (χ3v) is 5.50. The van der Waals surface area contributed by atoms with Crippen molar-refractivity contribution in [2.75, 3.05) is 26.2 Å². The van der Waals surface area contributed by atoms with Crippen LogP contribution < -0.4 is 5.32 Å². The zero-order valence-corrected chi connectivity index (χ0v) is 18.0. The van der Waals surface area contributed by atoms with E-state index in [9.17, 15) is 24.3 Å². The number of aryl methyl sites for hydroxylation is 1. The van der Waals surface area contributed by atoms with Gasteiger partial charge in [0, 0.05) is 43.7 Å². The molecule has 0 aliphatic carbocycles. The molecule has 32 heavy (non-hydrogen) atoms. The van der Waals surface area contributed by atoms with Crippen LogP contribution in [0.15, 0.2) is 54.6 Å². The molecule has 2 aromatic carbocycles. The Hall–Kier alpha value is -3.68. The number of rotatable bonds is 7. The Kier molecular flexibility index (Phi) is 7.59. The first kappa shape index (κ1) is 23.0. The lowest BCUT2D eigenvalue weighted by Gasteiger charge is -2.35. The Balaban J connectivity index is 1.48. The first-order valence-corrected chi connectivity index (χ1v) is 10.6. The fourth-order valence-corrected chi connectivity index (χ4v) is 3.55. The number of hydrogen-bond donors (Lipinski definition) is 2. The summed E-state index contributed by atoms with van der Waals surface area (Å²) in [6.07, 6.45) is -0.00675. The molecule has 0 saturated carbocycles. The number of nitrogens with zero attached hydrogens (tertiary/aromatic N) is 2. The molecule has 1 heterocycles. The van der Waals surface area contributed by atoms with Crippen LogP contribution in [0.1, 0.15) is 39.1 Å². The fourth-order valence-electron chi connectivity index (χ4n) is 3.55. The Morgan fingerprint density at radius 2 is 1.47 bits per heavy atom. The van der Waals surface area contributed by atoms with Gasteiger partial charge < -0.3 is 20.2 Å². The highest BCUT2D eigenvalue weighted by molar-refractivity contribution is 5.96. The topological polar surface area (TPSA) is 107 Å². The average Bonchev–Trinajstić information content (AvgIpc) is 2.82. The molecule has 0 spiro atoms. The van der Waals surface area contributed by atoms with Crippen molar-refractivity contribution in [3.8, 4) is 0 Å². The van der Waals surface area contributed by atoms with E-state index < -0.39 is 17.9 Å². The molecule has 3 rings (SSSR count). The van der Waals surface area contributed by atoms with Crippen LogP contribution in [0.25, 0.3) is 0 Å². The summed E-state index contributed by atoms with van der Waals surface area (Å²) in [5, 5.41) is 11.9. The van der Waals surface area contributed by atoms with Crippen LogP contribution in [0.4, 0.5) is 0 Å². The second-order valence-electron chi connectivity index (χ2n) is 7.81. The number of amides is 3. The van der Waals surface area contributed by atoms with Crippen molar-refractivity contribution in [3.05, 3.63) is 71.3 Å². The lowest BCUT2D eigenvalue weighted by atomic mass is 10.1. The maximum Gasteiger partial charge on any atom is 0.326 e. The highest BCUT2D eigenvalue weighted by Crippen LogP contribution is 2.12. The second kappa shape index (κ2) is 10.6. The summed E-state index contributed by atoms with van der Waals surface area (Å²) in [5.74, 6) is -1.93. The van der Waals surface area contributed by atoms with Gasteiger partial charge in [0.2, 0.25) is 5.91 Å². The molecule has 1 saturated heterocycles. The molecule has 1 atom stereocenters. The molecule has 2 N–H and O–H groups in total. The van der Waals surface area contributed by atoms with Crippen LogP contribution in [-0.4, -0.2) is 70.8 Å². The second-order valence-corrected chi connectivity index (χ2v) is 7.81. The molecular weight excluding hydrogens is 410 g/mol. The molecule has 168 valence electrons. The van der Waals surface area contributed by atoms with Crippen molar-refractivity contribution >= 4 is 23.7 Å². The van der Waals surface area contributed by atoms with Crippen molar-refractivity contribution in [1.29, 1.82) is 0 Å². The number of nitrogens with one attached hydrogen (secondary N) is 1. The lowest BCUT2D eigenvalue weighted by Crippen LogP contribution is -2.51.